The molecule has 1 saturated carbocycles. The zero-order chi connectivity index (χ0) is 21.8. The number of hydrogen-bond acceptors (Lipinski definition) is 3. The van der Waals surface area contributed by atoms with E-state index in [0.29, 0.717) is 5.69 Å². The highest BCUT2D eigenvalue weighted by molar-refractivity contribution is 5.93. The van der Waals surface area contributed by atoms with Gasteiger partial charge in [-0.25, -0.2) is 0 Å². The van der Waals surface area contributed by atoms with E-state index in [2.05, 4.69) is 28.9 Å². The Balaban J connectivity index is 1.60. The summed E-state index contributed by atoms with van der Waals surface area (Å²) < 4.78 is 0. The second-order valence-corrected chi connectivity index (χ2v) is 9.56. The number of aromatic amines is 1. The molecule has 2 aliphatic heterocycles. The molecule has 0 unspecified atom stereocenters. The van der Waals surface area contributed by atoms with Gasteiger partial charge in [0.2, 0.25) is 11.5 Å². The summed E-state index contributed by atoms with van der Waals surface area (Å²) in [4.78, 5) is 45.4. The van der Waals surface area contributed by atoms with E-state index in [-0.39, 0.29) is 47.0 Å². The molecule has 1 aromatic carbocycles. The highest BCUT2D eigenvalue weighted by Gasteiger charge is 2.64. The van der Waals surface area contributed by atoms with Crippen molar-refractivity contribution in [1.29, 1.82) is 0 Å². The highest BCUT2D eigenvalue weighted by atomic mass is 16.2. The SMILES string of the molecule is CC(=O)N1[C@H](Cc2ccccc2)[C@@H]2C[C@@]3(C)[C@H](CCC[C@@H]13)N2C(=O)c1cccc(=O)[nH]1. The first kappa shape index (κ1) is 20.0. The molecule has 1 aromatic heterocycles. The minimum atomic E-state index is -0.271. The molecule has 0 radical (unpaired) electrons. The van der Waals surface area contributed by atoms with Gasteiger partial charge in [0.1, 0.15) is 5.69 Å². The summed E-state index contributed by atoms with van der Waals surface area (Å²) in [5.41, 5.74) is 1.11. The molecule has 2 saturated heterocycles. The zero-order valence-corrected chi connectivity index (χ0v) is 18.1. The number of nitrogens with zero attached hydrogens (tertiary/aromatic N) is 2. The maximum atomic E-state index is 13.7. The summed E-state index contributed by atoms with van der Waals surface area (Å²) in [6.45, 7) is 3.92. The Morgan fingerprint density at radius 3 is 2.42 bits per heavy atom. The van der Waals surface area contributed by atoms with E-state index in [1.807, 2.05) is 23.1 Å². The summed E-state index contributed by atoms with van der Waals surface area (Å²) in [7, 11) is 0. The molecule has 3 heterocycles. The van der Waals surface area contributed by atoms with E-state index in [1.54, 1.807) is 19.1 Å². The minimum absolute atomic E-state index is 0.0651. The van der Waals surface area contributed by atoms with Gasteiger partial charge >= 0.3 is 0 Å². The maximum Gasteiger partial charge on any atom is 0.270 e. The van der Waals surface area contributed by atoms with Crippen molar-refractivity contribution in [3.05, 3.63) is 70.1 Å². The normalized spacial score (nSPS) is 31.5. The van der Waals surface area contributed by atoms with Crippen molar-refractivity contribution in [3.8, 4) is 0 Å². The summed E-state index contributed by atoms with van der Waals surface area (Å²) >= 11 is 0. The van der Waals surface area contributed by atoms with Gasteiger partial charge in [0, 0.05) is 30.5 Å². The third kappa shape index (κ3) is 3.11. The number of H-pyrrole nitrogens is 1. The van der Waals surface area contributed by atoms with Gasteiger partial charge in [-0.1, -0.05) is 43.3 Å². The average molecular weight is 420 g/mol. The van der Waals surface area contributed by atoms with Crippen LogP contribution in [0.5, 0.6) is 0 Å². The predicted molar refractivity (Wildman–Crippen MR) is 118 cm³/mol. The predicted octanol–water partition coefficient (Wildman–Crippen LogP) is 2.99. The van der Waals surface area contributed by atoms with Crippen LogP contribution < -0.4 is 5.56 Å². The molecule has 5 rings (SSSR count). The third-order valence-electron chi connectivity index (χ3n) is 7.84. The standard InChI is InChI=1S/C25H29N3O3/c1-16(29)27-19(14-17-8-4-3-5-9-17)20-15-25(2)21(27)11-7-12-22(25)28(20)24(31)18-10-6-13-23(30)26-18/h3-6,8-10,13,19-22H,7,11-12,14-15H2,1-2H3,(H,26,30)/t19-,20+,21-,22+,25-/m1/s1. The molecule has 6 nitrogen and oxygen atoms in total. The molecule has 5 atom stereocenters. The van der Waals surface area contributed by atoms with Gasteiger partial charge in [0.15, 0.2) is 0 Å². The maximum absolute atomic E-state index is 13.7. The van der Waals surface area contributed by atoms with E-state index < -0.39 is 0 Å². The van der Waals surface area contributed by atoms with Crippen molar-refractivity contribution in [1.82, 2.24) is 14.8 Å². The van der Waals surface area contributed by atoms with Crippen molar-refractivity contribution in [2.75, 3.05) is 0 Å². The van der Waals surface area contributed by atoms with Crippen molar-refractivity contribution < 1.29 is 9.59 Å². The number of fused-ring (bicyclic) bond motifs is 1. The van der Waals surface area contributed by atoms with E-state index in [9.17, 15) is 14.4 Å². The van der Waals surface area contributed by atoms with Gasteiger partial charge in [-0.3, -0.25) is 14.4 Å². The van der Waals surface area contributed by atoms with E-state index in [0.717, 1.165) is 32.1 Å². The Bertz CT molecular complexity index is 1060. The monoisotopic (exact) mass is 419 g/mol. The number of likely N-dealkylation sites (tertiary alicyclic amines) is 2. The first-order valence-corrected chi connectivity index (χ1v) is 11.2. The average Bonchev–Trinajstić information content (AvgIpc) is 3.06. The molecule has 2 amide bonds. The number of amides is 2. The summed E-state index contributed by atoms with van der Waals surface area (Å²) in [5, 5.41) is 0. The van der Waals surface area contributed by atoms with Crippen LogP contribution in [-0.2, 0) is 11.2 Å². The van der Waals surface area contributed by atoms with Crippen LogP contribution in [0.15, 0.2) is 53.3 Å². The van der Waals surface area contributed by atoms with Crippen molar-refractivity contribution in [2.24, 2.45) is 5.41 Å². The molecule has 2 bridgehead atoms. The fraction of sp³-hybridized carbons (Fsp3) is 0.480. The second kappa shape index (κ2) is 7.36. The van der Waals surface area contributed by atoms with Crippen LogP contribution >= 0.6 is 0 Å². The summed E-state index contributed by atoms with van der Waals surface area (Å²) in [6, 6.07) is 15.0. The fourth-order valence-corrected chi connectivity index (χ4v) is 6.64. The lowest BCUT2D eigenvalue weighted by Gasteiger charge is -2.52. The molecule has 3 aliphatic rings. The molecule has 0 spiro atoms. The number of pyridine rings is 1. The van der Waals surface area contributed by atoms with Crippen LogP contribution in [0.1, 0.15) is 55.6 Å². The van der Waals surface area contributed by atoms with E-state index in [1.165, 1.54) is 11.6 Å². The first-order chi connectivity index (χ1) is 14.9. The van der Waals surface area contributed by atoms with Gasteiger partial charge in [-0.2, -0.15) is 0 Å². The second-order valence-electron chi connectivity index (χ2n) is 9.56. The van der Waals surface area contributed by atoms with Gasteiger partial charge in [0.05, 0.1) is 12.1 Å². The summed E-state index contributed by atoms with van der Waals surface area (Å²) in [6.07, 6.45) is 4.53. The van der Waals surface area contributed by atoms with Crippen molar-refractivity contribution in [3.63, 3.8) is 0 Å². The number of hydrogen-bond donors (Lipinski definition) is 1. The molecular formula is C25H29N3O3. The molecular weight excluding hydrogens is 390 g/mol. The number of rotatable bonds is 3. The van der Waals surface area contributed by atoms with Crippen molar-refractivity contribution in [2.45, 2.75) is 70.1 Å². The number of piperidine rings is 1. The van der Waals surface area contributed by atoms with Gasteiger partial charge < -0.3 is 14.8 Å². The minimum Gasteiger partial charge on any atom is -0.334 e. The molecule has 31 heavy (non-hydrogen) atoms. The molecule has 1 aliphatic carbocycles. The number of carbonyl (C=O) groups excluding carboxylic acids is 2. The number of benzene rings is 1. The van der Waals surface area contributed by atoms with Crippen LogP contribution in [0.4, 0.5) is 0 Å². The molecule has 3 fully saturated rings. The van der Waals surface area contributed by atoms with Crippen LogP contribution in [0, 0.1) is 5.41 Å². The van der Waals surface area contributed by atoms with Crippen LogP contribution in [0.2, 0.25) is 0 Å². The Hall–Kier alpha value is -2.89. The van der Waals surface area contributed by atoms with E-state index >= 15 is 0 Å². The first-order valence-electron chi connectivity index (χ1n) is 11.2. The largest absolute Gasteiger partial charge is 0.334 e. The number of aromatic nitrogens is 1. The lowest BCUT2D eigenvalue weighted by atomic mass is 9.64. The molecule has 2 aromatic rings. The van der Waals surface area contributed by atoms with Crippen LogP contribution in [0.25, 0.3) is 0 Å². The quantitative estimate of drug-likeness (QED) is 0.831. The smallest absolute Gasteiger partial charge is 0.270 e. The topological polar surface area (TPSA) is 73.5 Å². The Morgan fingerprint density at radius 1 is 1.03 bits per heavy atom. The Morgan fingerprint density at radius 2 is 1.74 bits per heavy atom. The molecule has 6 heteroatoms. The van der Waals surface area contributed by atoms with Gasteiger partial charge in [0.25, 0.3) is 5.91 Å². The lowest BCUT2D eigenvalue weighted by Crippen LogP contribution is -2.62. The third-order valence-corrected chi connectivity index (χ3v) is 7.84. The van der Waals surface area contributed by atoms with Gasteiger partial charge in [-0.05, 0) is 43.7 Å². The molecule has 1 N–H and O–H groups in total. The Kier molecular flexibility index (Phi) is 4.76. The van der Waals surface area contributed by atoms with E-state index in [4.69, 9.17) is 0 Å². The summed E-state index contributed by atoms with van der Waals surface area (Å²) in [5.74, 6) is -0.0366. The molecule has 162 valence electrons. The van der Waals surface area contributed by atoms with Crippen molar-refractivity contribution >= 4 is 11.8 Å². The van der Waals surface area contributed by atoms with Crippen LogP contribution in [0.3, 0.4) is 0 Å². The van der Waals surface area contributed by atoms with Gasteiger partial charge in [-0.15, -0.1) is 0 Å². The fourth-order valence-electron chi connectivity index (χ4n) is 6.64. The Labute approximate surface area is 182 Å². The lowest BCUT2D eigenvalue weighted by molar-refractivity contribution is -0.142. The highest BCUT2D eigenvalue weighted by Crippen LogP contribution is 2.56. The number of carbonyl (C=O) groups is 2. The van der Waals surface area contributed by atoms with Crippen LogP contribution in [-0.4, -0.2) is 50.8 Å². The number of nitrogens with one attached hydrogen (secondary N) is 1. The zero-order valence-electron chi connectivity index (χ0n) is 18.1.